The fraction of sp³-hybridized carbons (Fsp3) is 1.00. The minimum Gasteiger partial charge on any atom is -0.435 e. The minimum atomic E-state index is 0.637. The van der Waals surface area contributed by atoms with Crippen LogP contribution in [0.25, 0.3) is 0 Å². The van der Waals surface area contributed by atoms with Crippen LogP contribution in [-0.2, 0) is 4.65 Å². The minimum absolute atomic E-state index is 0.637. The van der Waals surface area contributed by atoms with Gasteiger partial charge in [-0.2, -0.15) is 0 Å². The van der Waals surface area contributed by atoms with E-state index in [9.17, 15) is 0 Å². The molecular formula is C20H36B2OS. The average Bonchev–Trinajstić information content (AvgIpc) is 2.57. The van der Waals surface area contributed by atoms with E-state index in [1.165, 1.54) is 95.6 Å². The maximum absolute atomic E-state index is 6.41. The lowest BCUT2D eigenvalue weighted by atomic mass is 9.38. The quantitative estimate of drug-likeness (QED) is 0.374. The van der Waals surface area contributed by atoms with Crippen LogP contribution in [-0.4, -0.2) is 25.3 Å². The van der Waals surface area contributed by atoms with Crippen LogP contribution in [0.5, 0.6) is 0 Å². The van der Waals surface area contributed by atoms with Crippen molar-refractivity contribution in [2.45, 2.75) is 113 Å². The molecule has 4 bridgehead atoms. The topological polar surface area (TPSA) is 9.23 Å². The number of unbranched alkanes of at least 4 members (excludes halogenated alkanes) is 1. The Bertz CT molecular complexity index is 314. The zero-order valence-electron chi connectivity index (χ0n) is 15.6. The van der Waals surface area contributed by atoms with Crippen molar-refractivity contribution in [3.05, 3.63) is 0 Å². The van der Waals surface area contributed by atoms with Crippen molar-refractivity contribution in [2.24, 2.45) is 0 Å². The summed E-state index contributed by atoms with van der Waals surface area (Å²) in [5.74, 6) is 6.37. The molecule has 0 aromatic rings. The third kappa shape index (κ3) is 4.22. The van der Waals surface area contributed by atoms with Gasteiger partial charge in [0.2, 0.25) is 5.99 Å². The summed E-state index contributed by atoms with van der Waals surface area (Å²) in [7, 11) is 0. The fourth-order valence-corrected chi connectivity index (χ4v) is 8.15. The third-order valence-corrected chi connectivity index (χ3v) is 9.30. The van der Waals surface area contributed by atoms with Crippen LogP contribution in [0, 0.1) is 0 Å². The summed E-state index contributed by atoms with van der Waals surface area (Å²) in [6.45, 7) is 1.67. The van der Waals surface area contributed by atoms with Crippen molar-refractivity contribution in [3.8, 4) is 0 Å². The van der Waals surface area contributed by atoms with Crippen LogP contribution >= 0.6 is 11.6 Å². The Hall–Kier alpha value is 0.440. The summed E-state index contributed by atoms with van der Waals surface area (Å²) in [6.07, 6.45) is 20.5. The van der Waals surface area contributed by atoms with E-state index in [-0.39, 0.29) is 0 Å². The van der Waals surface area contributed by atoms with Gasteiger partial charge in [0.25, 0.3) is 6.92 Å². The van der Waals surface area contributed by atoms with Crippen molar-refractivity contribution in [1.29, 1.82) is 0 Å². The highest BCUT2D eigenvalue weighted by atomic mass is 32.2. The first-order valence-electron chi connectivity index (χ1n) is 11.1. The Kier molecular flexibility index (Phi) is 6.61. The lowest BCUT2D eigenvalue weighted by Crippen LogP contribution is -2.37. The molecule has 0 N–H and O–H groups in total. The molecule has 0 aromatic carbocycles. The predicted octanol–water partition coefficient (Wildman–Crippen LogP) is 6.72. The summed E-state index contributed by atoms with van der Waals surface area (Å²) in [6, 6.07) is 0. The van der Waals surface area contributed by atoms with Gasteiger partial charge in [0, 0.05) is 6.61 Å². The molecule has 0 radical (unpaired) electrons. The standard InChI is InChI=1S/C20H36B2OS/c1(15-23-21-17-7-3-8-18(21)10-4-9-17)2-16-24-22-19-11-5-12-20(22)14-6-13-19/h17-20H,1-16H2. The molecule has 4 saturated heterocycles. The van der Waals surface area contributed by atoms with Gasteiger partial charge in [-0.25, -0.2) is 11.6 Å². The zero-order chi connectivity index (χ0) is 16.2. The first-order valence-corrected chi connectivity index (χ1v) is 12.2. The average molecular weight is 346 g/mol. The molecule has 0 amide bonds. The normalized spacial score (nSPS) is 36.0. The van der Waals surface area contributed by atoms with E-state index in [0.717, 1.165) is 35.9 Å². The second-order valence-electron chi connectivity index (χ2n) is 9.14. The molecule has 24 heavy (non-hydrogen) atoms. The third-order valence-electron chi connectivity index (χ3n) is 7.62. The zero-order valence-corrected chi connectivity index (χ0v) is 16.4. The number of rotatable bonds is 7. The second kappa shape index (κ2) is 8.89. The van der Waals surface area contributed by atoms with E-state index in [0.29, 0.717) is 6.92 Å². The molecule has 4 fully saturated rings. The van der Waals surface area contributed by atoms with Crippen LogP contribution in [0.4, 0.5) is 0 Å². The molecule has 4 heterocycles. The van der Waals surface area contributed by atoms with Crippen molar-refractivity contribution in [3.63, 3.8) is 0 Å². The van der Waals surface area contributed by atoms with Crippen LogP contribution in [0.15, 0.2) is 0 Å². The first-order chi connectivity index (χ1) is 11.9. The molecule has 0 atom stereocenters. The number of fused-ring (bicyclic) bond motifs is 4. The number of hydrogen-bond donors (Lipinski definition) is 0. The molecule has 134 valence electrons. The summed E-state index contributed by atoms with van der Waals surface area (Å²) < 4.78 is 6.41. The molecule has 0 aromatic heterocycles. The Balaban J connectivity index is 1.12. The van der Waals surface area contributed by atoms with Crippen molar-refractivity contribution in [1.82, 2.24) is 0 Å². The second-order valence-corrected chi connectivity index (χ2v) is 10.4. The molecule has 4 aliphatic heterocycles. The van der Waals surface area contributed by atoms with Crippen LogP contribution in [0.1, 0.15) is 89.9 Å². The van der Waals surface area contributed by atoms with E-state index in [4.69, 9.17) is 4.65 Å². The molecule has 0 aliphatic carbocycles. The van der Waals surface area contributed by atoms with Gasteiger partial charge in [0.1, 0.15) is 0 Å². The molecule has 4 rings (SSSR count). The maximum Gasteiger partial charge on any atom is 0.299 e. The summed E-state index contributed by atoms with van der Waals surface area (Å²) in [5, 5.41) is 0. The molecule has 0 spiro atoms. The highest BCUT2D eigenvalue weighted by Crippen LogP contribution is 2.50. The van der Waals surface area contributed by atoms with Crippen LogP contribution in [0.3, 0.4) is 0 Å². The van der Waals surface area contributed by atoms with Gasteiger partial charge in [-0.1, -0.05) is 88.7 Å². The molecule has 0 saturated carbocycles. The van der Waals surface area contributed by atoms with Gasteiger partial charge in [-0.3, -0.25) is 0 Å². The predicted molar refractivity (Wildman–Crippen MR) is 110 cm³/mol. The molecule has 4 aliphatic rings. The summed E-state index contributed by atoms with van der Waals surface area (Å²) in [4.78, 5) is 0. The first kappa shape index (κ1) is 17.8. The van der Waals surface area contributed by atoms with Gasteiger partial charge in [0.05, 0.1) is 0 Å². The SMILES string of the molecule is C(CCSB1C2CCCC1CCC2)COB1C2CCCC1CCC2. The Morgan fingerprint density at radius 3 is 1.71 bits per heavy atom. The van der Waals surface area contributed by atoms with Gasteiger partial charge < -0.3 is 4.65 Å². The molecular weight excluding hydrogens is 310 g/mol. The smallest absolute Gasteiger partial charge is 0.299 e. The van der Waals surface area contributed by atoms with Crippen LogP contribution in [0.2, 0.25) is 23.3 Å². The van der Waals surface area contributed by atoms with E-state index in [1.54, 1.807) is 0 Å². The highest BCUT2D eigenvalue weighted by Gasteiger charge is 2.41. The van der Waals surface area contributed by atoms with Crippen molar-refractivity contribution < 1.29 is 4.65 Å². The molecule has 0 unspecified atom stereocenters. The van der Waals surface area contributed by atoms with Gasteiger partial charge in [0.15, 0.2) is 0 Å². The number of hydrogen-bond acceptors (Lipinski definition) is 2. The van der Waals surface area contributed by atoms with Gasteiger partial charge in [-0.15, -0.1) is 0 Å². The van der Waals surface area contributed by atoms with E-state index in [1.807, 2.05) is 0 Å². The van der Waals surface area contributed by atoms with Crippen LogP contribution < -0.4 is 0 Å². The maximum atomic E-state index is 6.41. The van der Waals surface area contributed by atoms with Gasteiger partial charge >= 0.3 is 0 Å². The Labute approximate surface area is 154 Å². The monoisotopic (exact) mass is 346 g/mol. The Morgan fingerprint density at radius 1 is 0.667 bits per heavy atom. The fourth-order valence-electron chi connectivity index (χ4n) is 6.42. The lowest BCUT2D eigenvalue weighted by molar-refractivity contribution is 0.263. The summed E-state index contributed by atoms with van der Waals surface area (Å²) >= 11 is 2.34. The highest BCUT2D eigenvalue weighted by molar-refractivity contribution is 8.25. The Morgan fingerprint density at radius 2 is 1.17 bits per heavy atom. The molecule has 1 nitrogen and oxygen atoms in total. The van der Waals surface area contributed by atoms with E-state index < -0.39 is 0 Å². The van der Waals surface area contributed by atoms with Crippen molar-refractivity contribution >= 4 is 24.5 Å². The van der Waals surface area contributed by atoms with E-state index in [2.05, 4.69) is 11.6 Å². The lowest BCUT2D eigenvalue weighted by Gasteiger charge is -2.40. The summed E-state index contributed by atoms with van der Waals surface area (Å²) in [5.41, 5.74) is 0. The van der Waals surface area contributed by atoms with E-state index >= 15 is 0 Å². The molecule has 4 heteroatoms. The van der Waals surface area contributed by atoms with Gasteiger partial charge in [-0.05, 0) is 30.2 Å². The largest absolute Gasteiger partial charge is 0.435 e. The van der Waals surface area contributed by atoms with Crippen molar-refractivity contribution in [2.75, 3.05) is 12.4 Å².